The van der Waals surface area contributed by atoms with Gasteiger partial charge in [-0.05, 0) is 27.7 Å². The average molecular weight is 281 g/mol. The zero-order valence-corrected chi connectivity index (χ0v) is 13.2. The van der Waals surface area contributed by atoms with E-state index in [9.17, 15) is 0 Å². The van der Waals surface area contributed by atoms with E-state index < -0.39 is 0 Å². The Kier molecular flexibility index (Phi) is 5.69. The maximum absolute atomic E-state index is 5.65. The minimum atomic E-state index is 0.356. The lowest BCUT2D eigenvalue weighted by Gasteiger charge is -2.26. The topological polar surface area (TPSA) is 51.4 Å². The molecule has 19 heavy (non-hydrogen) atoms. The molecule has 0 atom stereocenters. The maximum Gasteiger partial charge on any atom is 0.128 e. The zero-order valence-electron chi connectivity index (χ0n) is 12.4. The van der Waals surface area contributed by atoms with Crippen LogP contribution in [0.4, 0.5) is 0 Å². The van der Waals surface area contributed by atoms with Gasteiger partial charge in [0.25, 0.3) is 0 Å². The molecule has 1 aromatic rings. The second-order valence-electron chi connectivity index (χ2n) is 5.01. The van der Waals surface area contributed by atoms with Crippen molar-refractivity contribution in [2.24, 2.45) is 5.73 Å². The van der Waals surface area contributed by atoms with Crippen molar-refractivity contribution in [3.8, 4) is 5.75 Å². The third-order valence-electron chi connectivity index (χ3n) is 3.19. The monoisotopic (exact) mass is 281 g/mol. The second-order valence-corrected chi connectivity index (χ2v) is 5.54. The van der Waals surface area contributed by atoms with E-state index in [0.29, 0.717) is 17.6 Å². The molecule has 1 aromatic heterocycles. The fourth-order valence-electron chi connectivity index (χ4n) is 2.04. The minimum Gasteiger partial charge on any atom is -0.496 e. The Morgan fingerprint density at radius 3 is 2.58 bits per heavy atom. The van der Waals surface area contributed by atoms with E-state index in [2.05, 4.69) is 23.7 Å². The molecule has 0 aliphatic rings. The molecule has 1 rings (SSSR count). The van der Waals surface area contributed by atoms with Gasteiger partial charge in [-0.25, -0.2) is 0 Å². The Morgan fingerprint density at radius 1 is 1.47 bits per heavy atom. The molecule has 2 N–H and O–H groups in total. The highest BCUT2D eigenvalue weighted by Crippen LogP contribution is 2.25. The minimum absolute atomic E-state index is 0.356. The Morgan fingerprint density at radius 2 is 2.11 bits per heavy atom. The number of aromatic nitrogens is 1. The highest BCUT2D eigenvalue weighted by atomic mass is 32.1. The summed E-state index contributed by atoms with van der Waals surface area (Å²) in [4.78, 5) is 7.22. The second kappa shape index (κ2) is 6.82. The molecule has 0 amide bonds. The number of hydrogen-bond donors (Lipinski definition) is 1. The van der Waals surface area contributed by atoms with Crippen LogP contribution in [0.1, 0.15) is 30.7 Å². The molecule has 0 radical (unpaired) electrons. The molecule has 4 nitrogen and oxygen atoms in total. The fourth-order valence-corrected chi connectivity index (χ4v) is 2.21. The van der Waals surface area contributed by atoms with Gasteiger partial charge in [0.1, 0.15) is 5.75 Å². The summed E-state index contributed by atoms with van der Waals surface area (Å²) in [6.07, 6.45) is 1.85. The third-order valence-corrected chi connectivity index (χ3v) is 3.32. The Balaban J connectivity index is 3.00. The summed E-state index contributed by atoms with van der Waals surface area (Å²) >= 11 is 5.00. The Labute approximate surface area is 121 Å². The average Bonchev–Trinajstić information content (AvgIpc) is 2.31. The van der Waals surface area contributed by atoms with Crippen LogP contribution < -0.4 is 10.5 Å². The third kappa shape index (κ3) is 4.14. The number of thiocarbonyl (C=S) groups is 1. The molecule has 0 fully saturated rings. The summed E-state index contributed by atoms with van der Waals surface area (Å²) in [5.74, 6) is 0.907. The molecule has 5 heteroatoms. The number of hydrogen-bond acceptors (Lipinski definition) is 4. The maximum atomic E-state index is 5.65. The van der Waals surface area contributed by atoms with Crippen LogP contribution in [0, 0.1) is 13.8 Å². The van der Waals surface area contributed by atoms with Crippen molar-refractivity contribution in [2.45, 2.75) is 40.3 Å². The SMILES string of the molecule is COc1c(C)cnc(CN(CC(N)=S)C(C)C)c1C. The molecule has 0 unspecified atom stereocenters. The van der Waals surface area contributed by atoms with Crippen molar-refractivity contribution >= 4 is 17.2 Å². The van der Waals surface area contributed by atoms with Crippen LogP contribution >= 0.6 is 12.2 Å². The predicted molar refractivity (Wildman–Crippen MR) is 82.6 cm³/mol. The summed E-state index contributed by atoms with van der Waals surface area (Å²) in [5.41, 5.74) is 8.78. The number of nitrogens with two attached hydrogens (primary N) is 1. The van der Waals surface area contributed by atoms with Crippen molar-refractivity contribution in [1.29, 1.82) is 0 Å². The Hall–Kier alpha value is -1.20. The first-order valence-corrected chi connectivity index (χ1v) is 6.79. The van der Waals surface area contributed by atoms with Crippen LogP contribution in [0.3, 0.4) is 0 Å². The summed E-state index contributed by atoms with van der Waals surface area (Å²) < 4.78 is 5.43. The van der Waals surface area contributed by atoms with Crippen LogP contribution in [-0.4, -0.2) is 34.6 Å². The van der Waals surface area contributed by atoms with E-state index in [1.165, 1.54) is 0 Å². The standard InChI is InChI=1S/C14H23N3OS/c1-9(2)17(8-13(15)19)7-12-11(4)14(18-5)10(3)6-16-12/h6,9H,7-8H2,1-5H3,(H2,15,19). The van der Waals surface area contributed by atoms with Gasteiger partial charge in [0, 0.05) is 36.5 Å². The lowest BCUT2D eigenvalue weighted by molar-refractivity contribution is 0.241. The van der Waals surface area contributed by atoms with Crippen LogP contribution in [0.5, 0.6) is 5.75 Å². The van der Waals surface area contributed by atoms with Gasteiger partial charge < -0.3 is 10.5 Å². The first kappa shape index (κ1) is 15.9. The van der Waals surface area contributed by atoms with E-state index in [1.54, 1.807) is 7.11 Å². The van der Waals surface area contributed by atoms with Crippen molar-refractivity contribution < 1.29 is 4.74 Å². The van der Waals surface area contributed by atoms with E-state index in [-0.39, 0.29) is 0 Å². The zero-order chi connectivity index (χ0) is 14.6. The van der Waals surface area contributed by atoms with Gasteiger partial charge in [-0.2, -0.15) is 0 Å². The fraction of sp³-hybridized carbons (Fsp3) is 0.571. The van der Waals surface area contributed by atoms with E-state index in [0.717, 1.165) is 29.1 Å². The van der Waals surface area contributed by atoms with Gasteiger partial charge in [0.05, 0.1) is 17.8 Å². The van der Waals surface area contributed by atoms with Crippen molar-refractivity contribution in [3.05, 3.63) is 23.0 Å². The Bertz CT molecular complexity index is 460. The van der Waals surface area contributed by atoms with Gasteiger partial charge in [-0.3, -0.25) is 9.88 Å². The molecule has 106 valence electrons. The van der Waals surface area contributed by atoms with Gasteiger partial charge in [0.2, 0.25) is 0 Å². The number of nitrogens with zero attached hydrogens (tertiary/aromatic N) is 2. The molecule has 0 aliphatic heterocycles. The number of ether oxygens (including phenoxy) is 1. The molecule has 0 saturated heterocycles. The van der Waals surface area contributed by atoms with Crippen LogP contribution in [0.15, 0.2) is 6.20 Å². The normalized spacial score (nSPS) is 11.1. The molecular weight excluding hydrogens is 258 g/mol. The molecule has 0 saturated carbocycles. The molecular formula is C14H23N3OS. The number of rotatable bonds is 6. The van der Waals surface area contributed by atoms with Crippen LogP contribution in [0.2, 0.25) is 0 Å². The van der Waals surface area contributed by atoms with Crippen molar-refractivity contribution in [2.75, 3.05) is 13.7 Å². The van der Waals surface area contributed by atoms with Gasteiger partial charge in [-0.15, -0.1) is 0 Å². The first-order chi connectivity index (χ1) is 8.86. The lowest BCUT2D eigenvalue weighted by Crippen LogP contribution is -2.37. The summed E-state index contributed by atoms with van der Waals surface area (Å²) in [6, 6.07) is 0.356. The summed E-state index contributed by atoms with van der Waals surface area (Å²) in [7, 11) is 1.69. The van der Waals surface area contributed by atoms with Gasteiger partial charge in [0.15, 0.2) is 0 Å². The van der Waals surface area contributed by atoms with Crippen LogP contribution in [0.25, 0.3) is 0 Å². The first-order valence-electron chi connectivity index (χ1n) is 6.38. The molecule has 0 spiro atoms. The lowest BCUT2D eigenvalue weighted by atomic mass is 10.1. The molecule has 0 aromatic carbocycles. The van der Waals surface area contributed by atoms with E-state index in [4.69, 9.17) is 22.7 Å². The number of aryl methyl sites for hydroxylation is 1. The molecule has 0 bridgehead atoms. The van der Waals surface area contributed by atoms with E-state index in [1.807, 2.05) is 20.0 Å². The highest BCUT2D eigenvalue weighted by molar-refractivity contribution is 7.80. The molecule has 1 heterocycles. The molecule has 0 aliphatic carbocycles. The summed E-state index contributed by atoms with van der Waals surface area (Å²) in [6.45, 7) is 9.60. The number of methoxy groups -OCH3 is 1. The van der Waals surface area contributed by atoms with Crippen LogP contribution in [-0.2, 0) is 6.54 Å². The predicted octanol–water partition coefficient (Wildman–Crippen LogP) is 2.20. The quantitative estimate of drug-likeness (QED) is 0.810. The summed E-state index contributed by atoms with van der Waals surface area (Å²) in [5, 5.41) is 0. The van der Waals surface area contributed by atoms with Gasteiger partial charge in [-0.1, -0.05) is 12.2 Å². The van der Waals surface area contributed by atoms with Crippen molar-refractivity contribution in [1.82, 2.24) is 9.88 Å². The van der Waals surface area contributed by atoms with Crippen molar-refractivity contribution in [3.63, 3.8) is 0 Å². The largest absolute Gasteiger partial charge is 0.496 e. The smallest absolute Gasteiger partial charge is 0.128 e. The van der Waals surface area contributed by atoms with Gasteiger partial charge >= 0.3 is 0 Å². The van der Waals surface area contributed by atoms with E-state index >= 15 is 0 Å². The highest BCUT2D eigenvalue weighted by Gasteiger charge is 2.16. The number of pyridine rings is 1.